The molecule has 2 N–H and O–H groups in total. The molecule has 5 heteroatoms. The predicted octanol–water partition coefficient (Wildman–Crippen LogP) is 2.73. The van der Waals surface area contributed by atoms with E-state index in [9.17, 15) is 4.79 Å². The number of aryl methyl sites for hydroxylation is 1. The van der Waals surface area contributed by atoms with Gasteiger partial charge < -0.3 is 14.9 Å². The van der Waals surface area contributed by atoms with E-state index in [1.807, 2.05) is 16.8 Å². The topological polar surface area (TPSA) is 62.7 Å². The highest BCUT2D eigenvalue weighted by Gasteiger charge is 2.20. The van der Waals surface area contributed by atoms with Gasteiger partial charge in [-0.3, -0.25) is 4.79 Å². The van der Waals surface area contributed by atoms with Crippen molar-refractivity contribution in [2.45, 2.75) is 31.8 Å². The molecule has 0 saturated carbocycles. The molecule has 0 aliphatic heterocycles. The standard InChI is InChI=1S/C19H20N4O/c24-19-9-8-16-17(2-1-3-18(16)22-19)21-12-14-4-6-15(7-5-14)23-11-10-20-13-23/h4-11,13,17,21H,1-3,12H2,(H,22,24)/t17-/m0/s1. The number of hydrogen-bond acceptors (Lipinski definition) is 3. The lowest BCUT2D eigenvalue weighted by atomic mass is 9.91. The number of benzene rings is 1. The second-order valence-electron chi connectivity index (χ2n) is 6.22. The van der Waals surface area contributed by atoms with Gasteiger partial charge in [0.05, 0.1) is 6.33 Å². The number of aromatic nitrogens is 3. The van der Waals surface area contributed by atoms with Crippen LogP contribution in [0.1, 0.15) is 35.7 Å². The molecule has 1 aliphatic rings. The molecule has 0 fully saturated rings. The van der Waals surface area contributed by atoms with Crippen molar-refractivity contribution in [3.05, 3.63) is 82.3 Å². The molecule has 24 heavy (non-hydrogen) atoms. The maximum Gasteiger partial charge on any atom is 0.248 e. The van der Waals surface area contributed by atoms with Gasteiger partial charge in [0, 0.05) is 42.4 Å². The van der Waals surface area contributed by atoms with Gasteiger partial charge in [-0.1, -0.05) is 18.2 Å². The molecule has 0 amide bonds. The van der Waals surface area contributed by atoms with Gasteiger partial charge in [-0.25, -0.2) is 4.98 Å². The Morgan fingerprint density at radius 3 is 2.88 bits per heavy atom. The summed E-state index contributed by atoms with van der Waals surface area (Å²) >= 11 is 0. The SMILES string of the molecule is O=c1ccc2c([nH]1)CCC[C@@H]2NCc1ccc(-n2ccnc2)cc1. The van der Waals surface area contributed by atoms with E-state index in [0.29, 0.717) is 6.04 Å². The van der Waals surface area contributed by atoms with E-state index in [2.05, 4.69) is 39.6 Å². The summed E-state index contributed by atoms with van der Waals surface area (Å²) in [4.78, 5) is 18.5. The third-order valence-electron chi connectivity index (χ3n) is 4.62. The number of fused-ring (bicyclic) bond motifs is 1. The van der Waals surface area contributed by atoms with Crippen LogP contribution in [0, 0.1) is 0 Å². The average Bonchev–Trinajstić information content (AvgIpc) is 3.14. The Balaban J connectivity index is 1.45. The molecule has 5 nitrogen and oxygen atoms in total. The molecule has 1 aliphatic carbocycles. The van der Waals surface area contributed by atoms with Gasteiger partial charge in [0.25, 0.3) is 0 Å². The van der Waals surface area contributed by atoms with Crippen molar-refractivity contribution in [1.82, 2.24) is 19.9 Å². The summed E-state index contributed by atoms with van der Waals surface area (Å²) in [5, 5.41) is 3.63. The Morgan fingerprint density at radius 1 is 1.21 bits per heavy atom. The van der Waals surface area contributed by atoms with Crippen molar-refractivity contribution in [3.8, 4) is 5.69 Å². The monoisotopic (exact) mass is 320 g/mol. The lowest BCUT2D eigenvalue weighted by Crippen LogP contribution is -2.27. The smallest absolute Gasteiger partial charge is 0.248 e. The summed E-state index contributed by atoms with van der Waals surface area (Å²) in [6, 6.07) is 12.4. The summed E-state index contributed by atoms with van der Waals surface area (Å²) < 4.78 is 1.99. The van der Waals surface area contributed by atoms with Crippen LogP contribution in [0.5, 0.6) is 0 Å². The summed E-state index contributed by atoms with van der Waals surface area (Å²) in [6.07, 6.45) is 8.68. The highest BCUT2D eigenvalue weighted by molar-refractivity contribution is 5.34. The predicted molar refractivity (Wildman–Crippen MR) is 93.1 cm³/mol. The summed E-state index contributed by atoms with van der Waals surface area (Å²) in [7, 11) is 0. The van der Waals surface area contributed by atoms with E-state index in [0.717, 1.165) is 37.2 Å². The molecule has 2 aromatic heterocycles. The van der Waals surface area contributed by atoms with Crippen LogP contribution in [-0.4, -0.2) is 14.5 Å². The Bertz CT molecular complexity index is 865. The molecule has 4 rings (SSSR count). The van der Waals surface area contributed by atoms with Crippen LogP contribution in [-0.2, 0) is 13.0 Å². The molecule has 2 heterocycles. The van der Waals surface area contributed by atoms with E-state index in [4.69, 9.17) is 0 Å². The zero-order valence-electron chi connectivity index (χ0n) is 13.4. The van der Waals surface area contributed by atoms with Crippen molar-refractivity contribution in [1.29, 1.82) is 0 Å². The van der Waals surface area contributed by atoms with Crippen LogP contribution in [0.15, 0.2) is 59.9 Å². The molecule has 0 radical (unpaired) electrons. The molecule has 0 saturated heterocycles. The summed E-state index contributed by atoms with van der Waals surface area (Å²) in [6.45, 7) is 0.813. The molecular weight excluding hydrogens is 300 g/mol. The van der Waals surface area contributed by atoms with E-state index >= 15 is 0 Å². The third-order valence-corrected chi connectivity index (χ3v) is 4.62. The Labute approximate surface area is 140 Å². The van der Waals surface area contributed by atoms with Crippen LogP contribution in [0.25, 0.3) is 5.69 Å². The van der Waals surface area contributed by atoms with Crippen molar-refractivity contribution in [2.24, 2.45) is 0 Å². The number of pyridine rings is 1. The minimum Gasteiger partial charge on any atom is -0.326 e. The average molecular weight is 320 g/mol. The molecule has 3 aromatic rings. The fraction of sp³-hybridized carbons (Fsp3) is 0.263. The number of nitrogens with zero attached hydrogens (tertiary/aromatic N) is 2. The molecule has 0 bridgehead atoms. The quantitative estimate of drug-likeness (QED) is 0.777. The largest absolute Gasteiger partial charge is 0.326 e. The van der Waals surface area contributed by atoms with Gasteiger partial charge in [-0.2, -0.15) is 0 Å². The summed E-state index contributed by atoms with van der Waals surface area (Å²) in [5.74, 6) is 0. The zero-order chi connectivity index (χ0) is 16.4. The molecule has 0 unspecified atom stereocenters. The van der Waals surface area contributed by atoms with Gasteiger partial charge in [0.15, 0.2) is 0 Å². The van der Waals surface area contributed by atoms with E-state index in [-0.39, 0.29) is 5.56 Å². The first-order valence-corrected chi connectivity index (χ1v) is 8.32. The van der Waals surface area contributed by atoms with E-state index < -0.39 is 0 Å². The number of imidazole rings is 1. The first-order valence-electron chi connectivity index (χ1n) is 8.32. The van der Waals surface area contributed by atoms with Crippen molar-refractivity contribution in [3.63, 3.8) is 0 Å². The highest BCUT2D eigenvalue weighted by atomic mass is 16.1. The van der Waals surface area contributed by atoms with Gasteiger partial charge in [0.1, 0.15) is 0 Å². The molecule has 122 valence electrons. The molecular formula is C19H20N4O. The van der Waals surface area contributed by atoms with E-state index in [1.54, 1.807) is 18.6 Å². The first kappa shape index (κ1) is 14.9. The van der Waals surface area contributed by atoms with Crippen LogP contribution in [0.2, 0.25) is 0 Å². The molecule has 1 atom stereocenters. The number of H-pyrrole nitrogens is 1. The lowest BCUT2D eigenvalue weighted by Gasteiger charge is -2.26. The Morgan fingerprint density at radius 2 is 2.08 bits per heavy atom. The number of nitrogens with one attached hydrogen (secondary N) is 2. The van der Waals surface area contributed by atoms with Crippen LogP contribution >= 0.6 is 0 Å². The highest BCUT2D eigenvalue weighted by Crippen LogP contribution is 2.27. The maximum absolute atomic E-state index is 11.5. The molecule has 0 spiro atoms. The van der Waals surface area contributed by atoms with Crippen LogP contribution < -0.4 is 10.9 Å². The van der Waals surface area contributed by atoms with E-state index in [1.165, 1.54) is 11.1 Å². The minimum atomic E-state index is -0.00973. The number of rotatable bonds is 4. The Hall–Kier alpha value is -2.66. The normalized spacial score (nSPS) is 16.8. The zero-order valence-corrected chi connectivity index (χ0v) is 13.4. The van der Waals surface area contributed by atoms with Crippen molar-refractivity contribution >= 4 is 0 Å². The lowest BCUT2D eigenvalue weighted by molar-refractivity contribution is 0.453. The minimum absolute atomic E-state index is 0.00973. The maximum atomic E-state index is 11.5. The Kier molecular flexibility index (Phi) is 4.01. The second-order valence-corrected chi connectivity index (χ2v) is 6.22. The number of hydrogen-bond donors (Lipinski definition) is 2. The third kappa shape index (κ3) is 3.03. The molecule has 1 aromatic carbocycles. The van der Waals surface area contributed by atoms with Crippen LogP contribution in [0.4, 0.5) is 0 Å². The summed E-state index contributed by atoms with van der Waals surface area (Å²) in [5.41, 5.74) is 4.66. The van der Waals surface area contributed by atoms with Crippen molar-refractivity contribution < 1.29 is 0 Å². The van der Waals surface area contributed by atoms with Gasteiger partial charge in [-0.15, -0.1) is 0 Å². The van der Waals surface area contributed by atoms with Crippen LogP contribution in [0.3, 0.4) is 0 Å². The fourth-order valence-corrected chi connectivity index (χ4v) is 3.35. The number of aromatic amines is 1. The van der Waals surface area contributed by atoms with Gasteiger partial charge in [-0.05, 0) is 42.5 Å². The first-order chi connectivity index (χ1) is 11.8. The van der Waals surface area contributed by atoms with Gasteiger partial charge >= 0.3 is 0 Å². The van der Waals surface area contributed by atoms with Gasteiger partial charge in [0.2, 0.25) is 5.56 Å². The van der Waals surface area contributed by atoms with Crippen molar-refractivity contribution in [2.75, 3.05) is 0 Å². The fourth-order valence-electron chi connectivity index (χ4n) is 3.35. The second kappa shape index (κ2) is 6.45.